The first kappa shape index (κ1) is 15.5. The van der Waals surface area contributed by atoms with Crippen LogP contribution in [0, 0.1) is 13.8 Å². The minimum atomic E-state index is 0.00420. The molecule has 1 amide bonds. The van der Waals surface area contributed by atoms with Crippen molar-refractivity contribution in [1.29, 1.82) is 0 Å². The van der Waals surface area contributed by atoms with Crippen LogP contribution in [0.1, 0.15) is 21.5 Å². The number of amides is 1. The summed E-state index contributed by atoms with van der Waals surface area (Å²) in [5, 5.41) is 3.31. The smallest absolute Gasteiger partial charge is 0.255 e. The standard InChI is InChI=1S/C18H21N3O2/c1-13-3-4-16(9-14(13)2)20-17-10-15(11-19-12-17)18(22)21-5-7-23-8-6-21/h3-4,9-12,20H,5-8H2,1-2H3. The Morgan fingerprint density at radius 2 is 1.87 bits per heavy atom. The van der Waals surface area contributed by atoms with Gasteiger partial charge in [-0.05, 0) is 43.2 Å². The lowest BCUT2D eigenvalue weighted by atomic mass is 10.1. The summed E-state index contributed by atoms with van der Waals surface area (Å²) in [5.41, 5.74) is 4.88. The van der Waals surface area contributed by atoms with Gasteiger partial charge < -0.3 is 15.0 Å². The van der Waals surface area contributed by atoms with E-state index in [0.717, 1.165) is 11.4 Å². The fourth-order valence-electron chi connectivity index (χ4n) is 2.56. The van der Waals surface area contributed by atoms with Gasteiger partial charge in [0, 0.05) is 25.0 Å². The van der Waals surface area contributed by atoms with Crippen molar-refractivity contribution in [2.45, 2.75) is 13.8 Å². The summed E-state index contributed by atoms with van der Waals surface area (Å²) in [7, 11) is 0. The molecular formula is C18H21N3O2. The number of carbonyl (C=O) groups is 1. The number of benzene rings is 1. The Morgan fingerprint density at radius 3 is 2.61 bits per heavy atom. The first-order valence-electron chi connectivity index (χ1n) is 7.80. The van der Waals surface area contributed by atoms with E-state index in [-0.39, 0.29) is 5.91 Å². The van der Waals surface area contributed by atoms with E-state index in [9.17, 15) is 4.79 Å². The summed E-state index contributed by atoms with van der Waals surface area (Å²) < 4.78 is 5.29. The third-order valence-electron chi connectivity index (χ3n) is 4.08. The first-order chi connectivity index (χ1) is 11.1. The molecule has 1 N–H and O–H groups in total. The summed E-state index contributed by atoms with van der Waals surface area (Å²) in [6, 6.07) is 8.04. The number of nitrogens with one attached hydrogen (secondary N) is 1. The van der Waals surface area contributed by atoms with Crippen molar-refractivity contribution in [3.63, 3.8) is 0 Å². The molecule has 5 nitrogen and oxygen atoms in total. The number of morpholine rings is 1. The highest BCUT2D eigenvalue weighted by Gasteiger charge is 2.19. The molecule has 0 aliphatic carbocycles. The van der Waals surface area contributed by atoms with E-state index in [0.29, 0.717) is 31.9 Å². The van der Waals surface area contributed by atoms with Crippen molar-refractivity contribution in [2.24, 2.45) is 0 Å². The topological polar surface area (TPSA) is 54.5 Å². The van der Waals surface area contributed by atoms with Gasteiger partial charge in [0.05, 0.1) is 30.7 Å². The van der Waals surface area contributed by atoms with Gasteiger partial charge in [-0.3, -0.25) is 9.78 Å². The largest absolute Gasteiger partial charge is 0.378 e. The quantitative estimate of drug-likeness (QED) is 0.947. The Hall–Kier alpha value is -2.40. The number of ether oxygens (including phenoxy) is 1. The van der Waals surface area contributed by atoms with Gasteiger partial charge in [0.25, 0.3) is 5.91 Å². The molecule has 1 aliphatic heterocycles. The lowest BCUT2D eigenvalue weighted by Gasteiger charge is -2.26. The van der Waals surface area contributed by atoms with Gasteiger partial charge in [-0.1, -0.05) is 6.07 Å². The molecular weight excluding hydrogens is 290 g/mol. The Labute approximate surface area is 136 Å². The van der Waals surface area contributed by atoms with Crippen molar-refractivity contribution in [2.75, 3.05) is 31.6 Å². The Morgan fingerprint density at radius 1 is 1.09 bits per heavy atom. The molecule has 0 atom stereocenters. The van der Waals surface area contributed by atoms with Gasteiger partial charge in [-0.15, -0.1) is 0 Å². The van der Waals surface area contributed by atoms with E-state index in [1.54, 1.807) is 17.3 Å². The molecule has 0 saturated carbocycles. The lowest BCUT2D eigenvalue weighted by Crippen LogP contribution is -2.40. The number of hydrogen-bond donors (Lipinski definition) is 1. The fourth-order valence-corrected chi connectivity index (χ4v) is 2.56. The monoisotopic (exact) mass is 311 g/mol. The second kappa shape index (κ2) is 6.79. The normalized spacial score (nSPS) is 14.6. The molecule has 0 bridgehead atoms. The first-order valence-corrected chi connectivity index (χ1v) is 7.80. The number of aryl methyl sites for hydroxylation is 2. The zero-order chi connectivity index (χ0) is 16.2. The molecule has 0 spiro atoms. The highest BCUT2D eigenvalue weighted by Crippen LogP contribution is 2.20. The second-order valence-corrected chi connectivity index (χ2v) is 5.79. The van der Waals surface area contributed by atoms with Crippen molar-refractivity contribution < 1.29 is 9.53 Å². The third kappa shape index (κ3) is 3.68. The lowest BCUT2D eigenvalue weighted by molar-refractivity contribution is 0.0302. The summed E-state index contributed by atoms with van der Waals surface area (Å²) in [4.78, 5) is 18.5. The molecule has 120 valence electrons. The van der Waals surface area contributed by atoms with E-state index in [1.807, 2.05) is 12.1 Å². The van der Waals surface area contributed by atoms with Gasteiger partial charge >= 0.3 is 0 Å². The van der Waals surface area contributed by atoms with Crippen molar-refractivity contribution in [1.82, 2.24) is 9.88 Å². The zero-order valence-corrected chi connectivity index (χ0v) is 13.5. The van der Waals surface area contributed by atoms with Crippen LogP contribution in [0.5, 0.6) is 0 Å². The maximum absolute atomic E-state index is 12.5. The van der Waals surface area contributed by atoms with E-state index >= 15 is 0 Å². The SMILES string of the molecule is Cc1ccc(Nc2cncc(C(=O)N3CCOCC3)c2)cc1C. The van der Waals surface area contributed by atoms with Gasteiger partial charge in [-0.25, -0.2) is 0 Å². The molecule has 1 aliphatic rings. The molecule has 2 heterocycles. The number of hydrogen-bond acceptors (Lipinski definition) is 4. The minimum absolute atomic E-state index is 0.00420. The Balaban J connectivity index is 1.76. The molecule has 23 heavy (non-hydrogen) atoms. The Kier molecular flexibility index (Phi) is 4.57. The number of rotatable bonds is 3. The highest BCUT2D eigenvalue weighted by atomic mass is 16.5. The second-order valence-electron chi connectivity index (χ2n) is 5.79. The maximum Gasteiger partial charge on any atom is 0.255 e. The minimum Gasteiger partial charge on any atom is -0.378 e. The molecule has 1 fully saturated rings. The van der Waals surface area contributed by atoms with Crippen LogP contribution in [0.15, 0.2) is 36.7 Å². The van der Waals surface area contributed by atoms with E-state index < -0.39 is 0 Å². The van der Waals surface area contributed by atoms with Gasteiger partial charge in [0.15, 0.2) is 0 Å². The van der Waals surface area contributed by atoms with Crippen LogP contribution < -0.4 is 5.32 Å². The summed E-state index contributed by atoms with van der Waals surface area (Å²) in [6.45, 7) is 6.63. The number of nitrogens with zero attached hydrogens (tertiary/aromatic N) is 2. The van der Waals surface area contributed by atoms with E-state index in [2.05, 4.69) is 36.3 Å². The number of pyridine rings is 1. The predicted octanol–water partition coefficient (Wildman–Crippen LogP) is 2.91. The average molecular weight is 311 g/mol. The molecule has 5 heteroatoms. The number of aromatic nitrogens is 1. The molecule has 1 aromatic carbocycles. The van der Waals surface area contributed by atoms with Crippen molar-refractivity contribution in [3.8, 4) is 0 Å². The molecule has 1 aromatic heterocycles. The van der Waals surface area contributed by atoms with Crippen LogP contribution in [0.25, 0.3) is 0 Å². The highest BCUT2D eigenvalue weighted by molar-refractivity contribution is 5.95. The van der Waals surface area contributed by atoms with Gasteiger partial charge in [-0.2, -0.15) is 0 Å². The summed E-state index contributed by atoms with van der Waals surface area (Å²) in [5.74, 6) is 0.00420. The van der Waals surface area contributed by atoms with Crippen LogP contribution in [0.2, 0.25) is 0 Å². The zero-order valence-electron chi connectivity index (χ0n) is 13.5. The Bertz CT molecular complexity index is 709. The van der Waals surface area contributed by atoms with Crippen molar-refractivity contribution >= 4 is 17.3 Å². The predicted molar refractivity (Wildman–Crippen MR) is 90.2 cm³/mol. The fraction of sp³-hybridized carbons (Fsp3) is 0.333. The summed E-state index contributed by atoms with van der Waals surface area (Å²) in [6.07, 6.45) is 3.34. The van der Waals surface area contributed by atoms with Gasteiger partial charge in [0.1, 0.15) is 0 Å². The van der Waals surface area contributed by atoms with Crippen LogP contribution >= 0.6 is 0 Å². The van der Waals surface area contributed by atoms with Gasteiger partial charge in [0.2, 0.25) is 0 Å². The van der Waals surface area contributed by atoms with E-state index in [4.69, 9.17) is 4.74 Å². The third-order valence-corrected chi connectivity index (χ3v) is 4.08. The molecule has 1 saturated heterocycles. The molecule has 3 rings (SSSR count). The molecule has 0 radical (unpaired) electrons. The van der Waals surface area contributed by atoms with Crippen LogP contribution in [-0.2, 0) is 4.74 Å². The average Bonchev–Trinajstić information content (AvgIpc) is 2.58. The summed E-state index contributed by atoms with van der Waals surface area (Å²) >= 11 is 0. The molecule has 0 unspecified atom stereocenters. The maximum atomic E-state index is 12.5. The van der Waals surface area contributed by atoms with Crippen LogP contribution in [0.4, 0.5) is 11.4 Å². The van der Waals surface area contributed by atoms with Crippen LogP contribution in [0.3, 0.4) is 0 Å². The van der Waals surface area contributed by atoms with Crippen molar-refractivity contribution in [3.05, 3.63) is 53.3 Å². The molecule has 2 aromatic rings. The van der Waals surface area contributed by atoms with Crippen LogP contribution in [-0.4, -0.2) is 42.1 Å². The number of anilines is 2. The van der Waals surface area contributed by atoms with E-state index in [1.165, 1.54) is 11.1 Å². The number of carbonyl (C=O) groups excluding carboxylic acids is 1.